The molecule has 1 saturated heterocycles. The fourth-order valence-corrected chi connectivity index (χ4v) is 8.00. The van der Waals surface area contributed by atoms with Gasteiger partial charge in [0.25, 0.3) is 0 Å². The summed E-state index contributed by atoms with van der Waals surface area (Å²) in [6.07, 6.45) is 5.86. The zero-order valence-electron chi connectivity index (χ0n) is 28.2. The molecule has 0 bridgehead atoms. The number of amides is 2. The monoisotopic (exact) mass is 672 g/mol. The molecule has 5 atom stereocenters. The first-order chi connectivity index (χ1) is 22.6. The van der Waals surface area contributed by atoms with Gasteiger partial charge in [0.15, 0.2) is 5.78 Å². The van der Waals surface area contributed by atoms with Crippen LogP contribution in [-0.4, -0.2) is 64.8 Å². The number of hydrogen-bond acceptors (Lipinski definition) is 8. The molecule has 2 aromatic heterocycles. The van der Waals surface area contributed by atoms with E-state index in [0.29, 0.717) is 30.8 Å². The van der Waals surface area contributed by atoms with Crippen LogP contribution in [0.1, 0.15) is 65.4 Å². The molecule has 2 amide bonds. The highest BCUT2D eigenvalue weighted by Crippen LogP contribution is 2.57. The molecule has 1 N–H and O–H groups in total. The second kappa shape index (κ2) is 12.4. The summed E-state index contributed by atoms with van der Waals surface area (Å²) < 4.78 is 34.1. The van der Waals surface area contributed by atoms with Crippen LogP contribution < -0.4 is 9.46 Å². The Morgan fingerprint density at radius 3 is 2.56 bits per heavy atom. The average Bonchev–Trinajstić information content (AvgIpc) is 3.97. The minimum Gasteiger partial charge on any atom is -0.472 e. The number of hydrogen-bond donors (Lipinski definition) is 1. The molecule has 1 unspecified atom stereocenters. The molecule has 48 heavy (non-hydrogen) atoms. The number of allylic oxidation sites excluding steroid dienone is 1. The smallest absolute Gasteiger partial charge is 0.240 e. The first kappa shape index (κ1) is 33.8. The Kier molecular flexibility index (Phi) is 8.72. The Morgan fingerprint density at radius 2 is 1.94 bits per heavy atom. The van der Waals surface area contributed by atoms with Crippen molar-refractivity contribution in [1.82, 2.24) is 19.6 Å². The van der Waals surface area contributed by atoms with E-state index in [1.54, 1.807) is 23.4 Å². The Balaban J connectivity index is 1.30. The highest BCUT2D eigenvalue weighted by Gasteiger charge is 2.61. The van der Waals surface area contributed by atoms with Crippen molar-refractivity contribution >= 4 is 38.4 Å². The Hall–Kier alpha value is -4.12. The highest BCUT2D eigenvalue weighted by atomic mass is 32.2. The third kappa shape index (κ3) is 6.61. The van der Waals surface area contributed by atoms with Crippen molar-refractivity contribution in [1.29, 1.82) is 0 Å². The number of benzene rings is 1. The van der Waals surface area contributed by atoms with Crippen LogP contribution in [0.2, 0.25) is 0 Å². The van der Waals surface area contributed by atoms with Crippen molar-refractivity contribution < 1.29 is 27.5 Å². The zero-order chi connectivity index (χ0) is 34.6. The second-order valence-electron chi connectivity index (χ2n) is 14.9. The maximum absolute atomic E-state index is 14.2. The summed E-state index contributed by atoms with van der Waals surface area (Å²) in [5, 5.41) is 1.18. The summed E-state index contributed by atoms with van der Waals surface area (Å²) in [6.45, 7) is 13.8. The van der Waals surface area contributed by atoms with E-state index in [1.807, 2.05) is 65.0 Å². The first-order valence-electron chi connectivity index (χ1n) is 16.6. The number of sulfonamides is 1. The molecule has 3 aromatic rings. The van der Waals surface area contributed by atoms with Crippen molar-refractivity contribution in [3.05, 3.63) is 67.0 Å². The number of fused-ring (bicyclic) bond motifs is 1. The van der Waals surface area contributed by atoms with Gasteiger partial charge in [-0.2, -0.15) is 0 Å². The van der Waals surface area contributed by atoms with E-state index in [-0.39, 0.29) is 42.4 Å². The predicted molar refractivity (Wildman–Crippen MR) is 183 cm³/mol. The quantitative estimate of drug-likeness (QED) is 0.268. The number of rotatable bonds is 11. The summed E-state index contributed by atoms with van der Waals surface area (Å²) in [7, 11) is -3.80. The van der Waals surface area contributed by atoms with E-state index in [4.69, 9.17) is 9.72 Å². The van der Waals surface area contributed by atoms with E-state index >= 15 is 0 Å². The number of likely N-dealkylation sites (tertiary alicyclic amines) is 1. The molecule has 6 rings (SSSR count). The van der Waals surface area contributed by atoms with Crippen LogP contribution in [0.15, 0.2) is 61.4 Å². The SMILES string of the molecule is C=CC1C[C@]1(CC(=O)[C@@H]1C[C@@H](Oc2nc(-c3cccnc3)cc3cc(C)ccc23)CN1C(=O)[C@@H](C)C(C)(C)C)C(=O)NS(=O)(=O)C1CC1. The molecule has 254 valence electrons. The van der Waals surface area contributed by atoms with Crippen molar-refractivity contribution in [3.8, 4) is 17.1 Å². The summed E-state index contributed by atoms with van der Waals surface area (Å²) in [4.78, 5) is 52.4. The molecule has 10 nitrogen and oxygen atoms in total. The minimum atomic E-state index is -3.80. The van der Waals surface area contributed by atoms with E-state index < -0.39 is 44.7 Å². The van der Waals surface area contributed by atoms with Crippen molar-refractivity contribution in [3.63, 3.8) is 0 Å². The van der Waals surface area contributed by atoms with Crippen molar-refractivity contribution in [2.75, 3.05) is 6.54 Å². The number of carbonyl (C=O) groups excluding carboxylic acids is 3. The van der Waals surface area contributed by atoms with E-state index in [2.05, 4.69) is 22.4 Å². The van der Waals surface area contributed by atoms with Gasteiger partial charge in [-0.3, -0.25) is 24.1 Å². The average molecular weight is 673 g/mol. The molecule has 1 aliphatic heterocycles. The van der Waals surface area contributed by atoms with Gasteiger partial charge in [-0.05, 0) is 67.2 Å². The van der Waals surface area contributed by atoms with E-state index in [1.165, 1.54) is 0 Å². The van der Waals surface area contributed by atoms with Gasteiger partial charge in [-0.1, -0.05) is 51.5 Å². The summed E-state index contributed by atoms with van der Waals surface area (Å²) >= 11 is 0. The topological polar surface area (TPSA) is 136 Å². The van der Waals surface area contributed by atoms with Crippen LogP contribution in [0.3, 0.4) is 0 Å². The number of aryl methyl sites for hydroxylation is 1. The van der Waals surface area contributed by atoms with Crippen LogP contribution in [0.5, 0.6) is 5.88 Å². The lowest BCUT2D eigenvalue weighted by molar-refractivity contribution is -0.144. The summed E-state index contributed by atoms with van der Waals surface area (Å²) in [5.74, 6) is -1.47. The maximum Gasteiger partial charge on any atom is 0.240 e. The Morgan fingerprint density at radius 1 is 1.19 bits per heavy atom. The predicted octanol–water partition coefficient (Wildman–Crippen LogP) is 5.40. The maximum atomic E-state index is 14.2. The number of ether oxygens (including phenoxy) is 1. The lowest BCUT2D eigenvalue weighted by Crippen LogP contribution is -2.47. The van der Waals surface area contributed by atoms with Crippen molar-refractivity contribution in [2.24, 2.45) is 22.7 Å². The van der Waals surface area contributed by atoms with Crippen LogP contribution >= 0.6 is 0 Å². The molecule has 0 spiro atoms. The van der Waals surface area contributed by atoms with Gasteiger partial charge in [0, 0.05) is 42.1 Å². The van der Waals surface area contributed by atoms with Gasteiger partial charge < -0.3 is 9.64 Å². The fraction of sp³-hybridized carbons (Fsp3) is 0.486. The Labute approximate surface area is 282 Å². The van der Waals surface area contributed by atoms with Gasteiger partial charge in [0.1, 0.15) is 6.10 Å². The number of ketones is 1. The number of aromatic nitrogens is 2. The fourth-order valence-electron chi connectivity index (χ4n) is 6.61. The second-order valence-corrected chi connectivity index (χ2v) is 16.8. The van der Waals surface area contributed by atoms with Crippen molar-refractivity contribution in [2.45, 2.75) is 84.1 Å². The number of nitrogens with zero attached hydrogens (tertiary/aromatic N) is 3. The molecule has 3 heterocycles. The van der Waals surface area contributed by atoms with Crippen LogP contribution in [0.25, 0.3) is 22.0 Å². The summed E-state index contributed by atoms with van der Waals surface area (Å²) in [5.41, 5.74) is 1.03. The van der Waals surface area contributed by atoms with Crippen LogP contribution in [-0.2, 0) is 24.4 Å². The van der Waals surface area contributed by atoms with Gasteiger partial charge in [0.2, 0.25) is 27.7 Å². The van der Waals surface area contributed by atoms with Gasteiger partial charge in [0.05, 0.1) is 28.9 Å². The zero-order valence-corrected chi connectivity index (χ0v) is 29.0. The molecule has 2 saturated carbocycles. The first-order valence-corrected chi connectivity index (χ1v) is 18.2. The van der Waals surface area contributed by atoms with Crippen LogP contribution in [0, 0.1) is 29.6 Å². The molecule has 11 heteroatoms. The van der Waals surface area contributed by atoms with Crippen LogP contribution in [0.4, 0.5) is 0 Å². The molecule has 2 aliphatic carbocycles. The molecule has 0 radical (unpaired) electrons. The highest BCUT2D eigenvalue weighted by molar-refractivity contribution is 7.90. The molecule has 3 aliphatic rings. The lowest BCUT2D eigenvalue weighted by atomic mass is 9.81. The van der Waals surface area contributed by atoms with E-state index in [9.17, 15) is 22.8 Å². The van der Waals surface area contributed by atoms with Gasteiger partial charge >= 0.3 is 0 Å². The van der Waals surface area contributed by atoms with Gasteiger partial charge in [-0.15, -0.1) is 6.58 Å². The van der Waals surface area contributed by atoms with Gasteiger partial charge in [-0.25, -0.2) is 13.4 Å². The standard InChI is InChI=1S/C37H44N4O6S/c1-7-26-18-37(26,35(44)40-48(45,46)28-11-12-28)19-32(42)31-17-27(21-41(31)34(43)23(3)36(4,5)6)47-33-29-13-10-22(2)15-25(29)16-30(39-33)24-9-8-14-38-20-24/h7-10,13-16,20,23,26-28,31H,1,11-12,17-19,21H2,2-6H3,(H,40,44)/t23-,26?,27-,31+,37-/m1/s1. The number of carbonyl (C=O) groups is 3. The lowest BCUT2D eigenvalue weighted by Gasteiger charge is -2.33. The minimum absolute atomic E-state index is 0.169. The van der Waals surface area contributed by atoms with E-state index in [0.717, 1.165) is 21.9 Å². The largest absolute Gasteiger partial charge is 0.472 e. The molecular formula is C37H44N4O6S. The normalized spacial score (nSPS) is 24.6. The molecule has 3 fully saturated rings. The third-order valence-corrected chi connectivity index (χ3v) is 12.2. The number of pyridine rings is 2. The number of Topliss-reactive ketones (excluding diaryl/α,β-unsaturated/α-hetero) is 1. The third-order valence-electron chi connectivity index (χ3n) is 10.3. The Bertz CT molecular complexity index is 1880. The molecular weight excluding hydrogens is 628 g/mol. The summed E-state index contributed by atoms with van der Waals surface area (Å²) in [6, 6.07) is 10.9. The molecule has 1 aromatic carbocycles. The number of nitrogens with one attached hydrogen (secondary N) is 1.